The number of rotatable bonds is 4. The molecule has 4 fully saturated rings. The van der Waals surface area contributed by atoms with E-state index in [0.29, 0.717) is 23.7 Å². The predicted molar refractivity (Wildman–Crippen MR) is 103 cm³/mol. The van der Waals surface area contributed by atoms with Crippen molar-refractivity contribution in [2.75, 3.05) is 0 Å². The highest BCUT2D eigenvalue weighted by Gasteiger charge is 2.61. The van der Waals surface area contributed by atoms with Gasteiger partial charge in [-0.05, 0) is 98.2 Å². The van der Waals surface area contributed by atoms with E-state index in [1.165, 1.54) is 51.4 Å². The molecule has 0 saturated heterocycles. The van der Waals surface area contributed by atoms with Crippen molar-refractivity contribution < 1.29 is 15.0 Å². The molecule has 4 rings (SSSR count). The Hall–Kier alpha value is -0.570. The summed E-state index contributed by atoms with van der Waals surface area (Å²) < 4.78 is 0. The van der Waals surface area contributed by atoms with Crippen LogP contribution in [0.15, 0.2) is 0 Å². The van der Waals surface area contributed by atoms with Gasteiger partial charge in [0.15, 0.2) is 0 Å². The zero-order valence-corrected chi connectivity index (χ0v) is 16.8. The van der Waals surface area contributed by atoms with E-state index in [4.69, 9.17) is 5.11 Å². The molecule has 0 aromatic heterocycles. The van der Waals surface area contributed by atoms with Crippen molar-refractivity contribution in [1.82, 2.24) is 0 Å². The SMILES string of the molecule is CC12CCCCC1CCC1C2CCC2(C)C(CCCC(=O)O)C(O)CC12. The number of aliphatic hydroxyl groups is 1. The first kappa shape index (κ1) is 18.8. The summed E-state index contributed by atoms with van der Waals surface area (Å²) in [6.45, 7) is 5.04. The minimum absolute atomic E-state index is 0.213. The van der Waals surface area contributed by atoms with E-state index in [0.717, 1.165) is 30.6 Å². The van der Waals surface area contributed by atoms with Crippen molar-refractivity contribution in [2.24, 2.45) is 40.4 Å². The van der Waals surface area contributed by atoms with Crippen LogP contribution in [0.1, 0.15) is 90.9 Å². The Morgan fingerprint density at radius 2 is 1.81 bits per heavy atom. The van der Waals surface area contributed by atoms with Gasteiger partial charge in [-0.25, -0.2) is 0 Å². The fourth-order valence-corrected chi connectivity index (χ4v) is 8.41. The molecule has 0 aliphatic heterocycles. The van der Waals surface area contributed by atoms with Crippen molar-refractivity contribution >= 4 is 5.97 Å². The fraction of sp³-hybridized carbons (Fsp3) is 0.957. The molecule has 0 heterocycles. The van der Waals surface area contributed by atoms with Crippen LogP contribution >= 0.6 is 0 Å². The zero-order chi connectivity index (χ0) is 18.5. The van der Waals surface area contributed by atoms with Gasteiger partial charge in [-0.2, -0.15) is 0 Å². The Balaban J connectivity index is 1.52. The standard InChI is InChI=1S/C23H38O3/c1-22-12-4-3-6-15(22)9-10-16-17(22)11-13-23(2)18(7-5-8-21(25)26)20(24)14-19(16)23/h15-20,24H,3-14H2,1-2H3,(H,25,26). The van der Waals surface area contributed by atoms with Crippen LogP contribution in [-0.4, -0.2) is 22.3 Å². The van der Waals surface area contributed by atoms with Gasteiger partial charge in [-0.15, -0.1) is 0 Å². The molecule has 8 unspecified atom stereocenters. The van der Waals surface area contributed by atoms with Crippen LogP contribution < -0.4 is 0 Å². The number of fused-ring (bicyclic) bond motifs is 5. The van der Waals surface area contributed by atoms with Crippen LogP contribution in [0.5, 0.6) is 0 Å². The number of carbonyl (C=O) groups is 1. The van der Waals surface area contributed by atoms with Gasteiger partial charge in [-0.3, -0.25) is 4.79 Å². The first-order chi connectivity index (χ1) is 12.4. The highest BCUT2D eigenvalue weighted by atomic mass is 16.4. The molecule has 4 aliphatic carbocycles. The van der Waals surface area contributed by atoms with Gasteiger partial charge in [0, 0.05) is 6.42 Å². The van der Waals surface area contributed by atoms with Crippen molar-refractivity contribution in [1.29, 1.82) is 0 Å². The quantitative estimate of drug-likeness (QED) is 0.717. The van der Waals surface area contributed by atoms with E-state index >= 15 is 0 Å². The van der Waals surface area contributed by atoms with E-state index in [9.17, 15) is 9.90 Å². The molecule has 148 valence electrons. The van der Waals surface area contributed by atoms with Crippen LogP contribution in [0.4, 0.5) is 0 Å². The number of aliphatic carboxylic acids is 1. The molecule has 2 N–H and O–H groups in total. The minimum atomic E-state index is -0.702. The maximum atomic E-state index is 10.9. The molecular formula is C23H38O3. The molecular weight excluding hydrogens is 324 g/mol. The van der Waals surface area contributed by atoms with Crippen molar-refractivity contribution in [3.63, 3.8) is 0 Å². The van der Waals surface area contributed by atoms with Gasteiger partial charge < -0.3 is 10.2 Å². The highest BCUT2D eigenvalue weighted by molar-refractivity contribution is 5.66. The molecule has 26 heavy (non-hydrogen) atoms. The normalized spacial score (nSPS) is 50.6. The number of carboxylic acid groups (broad SMARTS) is 1. The third-order valence-electron chi connectivity index (χ3n) is 9.73. The lowest BCUT2D eigenvalue weighted by atomic mass is 9.45. The van der Waals surface area contributed by atoms with Crippen LogP contribution in [0.25, 0.3) is 0 Å². The molecule has 4 saturated carbocycles. The largest absolute Gasteiger partial charge is 0.481 e. The topological polar surface area (TPSA) is 57.5 Å². The maximum absolute atomic E-state index is 10.9. The smallest absolute Gasteiger partial charge is 0.303 e. The van der Waals surface area contributed by atoms with Crippen molar-refractivity contribution in [2.45, 2.75) is 97.0 Å². The molecule has 0 bridgehead atoms. The summed E-state index contributed by atoms with van der Waals surface area (Å²) in [5.41, 5.74) is 0.784. The Morgan fingerprint density at radius 3 is 2.58 bits per heavy atom. The van der Waals surface area contributed by atoms with E-state index in [1.807, 2.05) is 0 Å². The Morgan fingerprint density at radius 1 is 1.00 bits per heavy atom. The second kappa shape index (κ2) is 6.79. The van der Waals surface area contributed by atoms with Gasteiger partial charge in [0.25, 0.3) is 0 Å². The minimum Gasteiger partial charge on any atom is -0.481 e. The van der Waals surface area contributed by atoms with Crippen LogP contribution in [0, 0.1) is 40.4 Å². The third kappa shape index (κ3) is 2.84. The predicted octanol–water partition coefficient (Wildman–Crippen LogP) is 5.26. The first-order valence-electron chi connectivity index (χ1n) is 11.3. The fourth-order valence-electron chi connectivity index (χ4n) is 8.41. The number of hydrogen-bond donors (Lipinski definition) is 2. The van der Waals surface area contributed by atoms with Crippen molar-refractivity contribution in [3.05, 3.63) is 0 Å². The summed E-state index contributed by atoms with van der Waals surface area (Å²) in [6, 6.07) is 0. The van der Waals surface area contributed by atoms with Crippen molar-refractivity contribution in [3.8, 4) is 0 Å². The van der Waals surface area contributed by atoms with E-state index in [2.05, 4.69) is 13.8 Å². The molecule has 0 spiro atoms. The van der Waals surface area contributed by atoms with Crippen LogP contribution in [0.2, 0.25) is 0 Å². The van der Waals surface area contributed by atoms with Crippen LogP contribution in [-0.2, 0) is 4.79 Å². The van der Waals surface area contributed by atoms with Gasteiger partial charge in [0.2, 0.25) is 0 Å². The molecule has 0 aromatic carbocycles. The van der Waals surface area contributed by atoms with Gasteiger partial charge in [-0.1, -0.05) is 26.7 Å². The van der Waals surface area contributed by atoms with Gasteiger partial charge in [0.1, 0.15) is 0 Å². The summed E-state index contributed by atoms with van der Waals surface area (Å²) >= 11 is 0. The Kier molecular flexibility index (Phi) is 4.91. The summed E-state index contributed by atoms with van der Waals surface area (Å²) in [7, 11) is 0. The van der Waals surface area contributed by atoms with E-state index < -0.39 is 5.97 Å². The average Bonchev–Trinajstić information content (AvgIpc) is 2.85. The second-order valence-corrected chi connectivity index (χ2v) is 10.6. The second-order valence-electron chi connectivity index (χ2n) is 10.6. The number of hydrogen-bond acceptors (Lipinski definition) is 2. The van der Waals surface area contributed by atoms with Gasteiger partial charge in [0.05, 0.1) is 6.10 Å². The lowest BCUT2D eigenvalue weighted by molar-refractivity contribution is -0.137. The average molecular weight is 363 g/mol. The molecule has 0 amide bonds. The summed E-state index contributed by atoms with van der Waals surface area (Å²) in [5, 5.41) is 19.9. The lowest BCUT2D eigenvalue weighted by Gasteiger charge is -2.60. The lowest BCUT2D eigenvalue weighted by Crippen LogP contribution is -2.52. The third-order valence-corrected chi connectivity index (χ3v) is 9.73. The summed E-state index contributed by atoms with van der Waals surface area (Å²) in [5.74, 6) is 2.87. The Labute approximate surface area is 158 Å². The number of carboxylic acids is 1. The summed E-state index contributed by atoms with van der Waals surface area (Å²) in [6.07, 6.45) is 13.7. The molecule has 3 nitrogen and oxygen atoms in total. The zero-order valence-electron chi connectivity index (χ0n) is 16.8. The van der Waals surface area contributed by atoms with E-state index in [-0.39, 0.29) is 17.9 Å². The molecule has 0 aromatic rings. The number of aliphatic hydroxyl groups excluding tert-OH is 1. The van der Waals surface area contributed by atoms with E-state index in [1.54, 1.807) is 0 Å². The molecule has 4 aliphatic rings. The Bertz CT molecular complexity index is 546. The molecule has 3 heteroatoms. The van der Waals surface area contributed by atoms with Crippen LogP contribution in [0.3, 0.4) is 0 Å². The monoisotopic (exact) mass is 362 g/mol. The van der Waals surface area contributed by atoms with Gasteiger partial charge >= 0.3 is 5.97 Å². The molecule has 0 radical (unpaired) electrons. The molecule has 8 atom stereocenters. The first-order valence-corrected chi connectivity index (χ1v) is 11.3. The summed E-state index contributed by atoms with van der Waals surface area (Å²) in [4.78, 5) is 10.9. The highest BCUT2D eigenvalue weighted by Crippen LogP contribution is 2.67. The maximum Gasteiger partial charge on any atom is 0.303 e.